The third-order valence-corrected chi connectivity index (χ3v) is 1.18. The Labute approximate surface area is 62.8 Å². The number of pyridine rings is 1. The number of rotatable bonds is 2. The number of hydrogen-bond acceptors (Lipinski definition) is 3. The van der Waals surface area contributed by atoms with Crippen LogP contribution in [0.4, 0.5) is 4.39 Å². The molecule has 1 aromatic heterocycles. The van der Waals surface area contributed by atoms with Crippen LogP contribution in [0.3, 0.4) is 0 Å². The van der Waals surface area contributed by atoms with Crippen molar-refractivity contribution in [2.45, 2.75) is 0 Å². The van der Waals surface area contributed by atoms with Crippen LogP contribution < -0.4 is 4.74 Å². The highest BCUT2D eigenvalue weighted by Gasteiger charge is 2.03. The molecular formula is C7H6FNO2. The molecule has 11 heavy (non-hydrogen) atoms. The summed E-state index contributed by atoms with van der Waals surface area (Å²) < 4.78 is 16.7. The zero-order chi connectivity index (χ0) is 8.27. The van der Waals surface area contributed by atoms with E-state index >= 15 is 0 Å². The first-order valence-electron chi connectivity index (χ1n) is 2.93. The molecule has 4 heteroatoms. The number of carbonyl (C=O) groups is 1. The molecule has 58 valence electrons. The number of halogens is 1. The van der Waals surface area contributed by atoms with Crippen LogP contribution in [0.1, 0.15) is 10.4 Å². The highest BCUT2D eigenvalue weighted by Crippen LogP contribution is 2.10. The van der Waals surface area contributed by atoms with Crippen molar-refractivity contribution in [2.75, 3.05) is 7.11 Å². The second kappa shape index (κ2) is 3.09. The van der Waals surface area contributed by atoms with Crippen molar-refractivity contribution in [3.8, 4) is 5.75 Å². The molecule has 0 aliphatic rings. The fourth-order valence-corrected chi connectivity index (χ4v) is 0.638. The lowest BCUT2D eigenvalue weighted by molar-refractivity contribution is 0.0835. The summed E-state index contributed by atoms with van der Waals surface area (Å²) in [7, 11) is 1.42. The van der Waals surface area contributed by atoms with Crippen LogP contribution in [0, 0.1) is 0 Å². The Morgan fingerprint density at radius 1 is 1.64 bits per heavy atom. The van der Waals surface area contributed by atoms with Crippen LogP contribution in [-0.2, 0) is 0 Å². The van der Waals surface area contributed by atoms with Gasteiger partial charge in [-0.15, -0.1) is 0 Å². The number of carbonyl (C=O) groups excluding carboxylic acids is 1. The molecule has 0 N–H and O–H groups in total. The monoisotopic (exact) mass is 155 g/mol. The van der Waals surface area contributed by atoms with E-state index in [2.05, 4.69) is 4.98 Å². The molecule has 0 spiro atoms. The van der Waals surface area contributed by atoms with Gasteiger partial charge in [-0.1, -0.05) is 0 Å². The Hall–Kier alpha value is -1.45. The molecule has 0 fully saturated rings. The second-order valence-corrected chi connectivity index (χ2v) is 1.89. The number of aromatic nitrogens is 1. The van der Waals surface area contributed by atoms with Gasteiger partial charge in [0.05, 0.1) is 18.9 Å². The summed E-state index contributed by atoms with van der Waals surface area (Å²) in [5, 5.41) is 0. The molecule has 0 atom stereocenters. The molecule has 0 saturated heterocycles. The minimum absolute atomic E-state index is 0.0932. The van der Waals surface area contributed by atoms with E-state index in [1.165, 1.54) is 19.4 Å². The number of ether oxygens (including phenoxy) is 1. The molecule has 0 bridgehead atoms. The lowest BCUT2D eigenvalue weighted by Crippen LogP contribution is -1.92. The molecule has 1 rings (SSSR count). The summed E-state index contributed by atoms with van der Waals surface area (Å²) in [6.07, 6.45) is 2.54. The van der Waals surface area contributed by atoms with Crippen LogP contribution in [-0.4, -0.2) is 18.1 Å². The fourth-order valence-electron chi connectivity index (χ4n) is 0.638. The molecule has 0 aromatic carbocycles. The zero-order valence-corrected chi connectivity index (χ0v) is 5.87. The van der Waals surface area contributed by atoms with E-state index in [0.29, 0.717) is 5.75 Å². The van der Waals surface area contributed by atoms with Crippen LogP contribution >= 0.6 is 0 Å². The molecule has 1 aromatic rings. The summed E-state index contributed by atoms with van der Waals surface area (Å²) >= 11 is 0. The summed E-state index contributed by atoms with van der Waals surface area (Å²) in [6, 6.07) is -0.216. The van der Waals surface area contributed by atoms with Crippen molar-refractivity contribution < 1.29 is 13.9 Å². The predicted octanol–water partition coefficient (Wildman–Crippen LogP) is 1.20. The van der Waals surface area contributed by atoms with Crippen molar-refractivity contribution in [3.63, 3.8) is 0 Å². The molecule has 0 amide bonds. The van der Waals surface area contributed by atoms with Gasteiger partial charge < -0.3 is 4.74 Å². The fraction of sp³-hybridized carbons (Fsp3) is 0.143. The SMILES string of the molecule is COc1cncc(C(=O)F)c1. The quantitative estimate of drug-likeness (QED) is 0.602. The normalized spacial score (nSPS) is 9.27. The maximum absolute atomic E-state index is 12.0. The molecule has 0 aliphatic carbocycles. The van der Waals surface area contributed by atoms with Gasteiger partial charge in [0.15, 0.2) is 0 Å². The summed E-state index contributed by atoms with van der Waals surface area (Å²) in [5.41, 5.74) is -0.0932. The molecule has 0 saturated carbocycles. The van der Waals surface area contributed by atoms with Gasteiger partial charge in [-0.3, -0.25) is 9.78 Å². The molecule has 1 heterocycles. The standard InChI is InChI=1S/C7H6FNO2/c1-11-6-2-5(7(8)10)3-9-4-6/h2-4H,1H3. The van der Waals surface area contributed by atoms with Crippen LogP contribution in [0.25, 0.3) is 0 Å². The van der Waals surface area contributed by atoms with Crippen molar-refractivity contribution in [1.82, 2.24) is 4.98 Å². The maximum atomic E-state index is 12.0. The van der Waals surface area contributed by atoms with E-state index in [1.807, 2.05) is 0 Å². The highest BCUT2D eigenvalue weighted by atomic mass is 19.1. The third kappa shape index (κ3) is 1.73. The molecule has 0 unspecified atom stereocenters. The van der Waals surface area contributed by atoms with Crippen molar-refractivity contribution >= 4 is 6.04 Å². The van der Waals surface area contributed by atoms with Crippen LogP contribution in [0.2, 0.25) is 0 Å². The van der Waals surface area contributed by atoms with Gasteiger partial charge >= 0.3 is 6.04 Å². The smallest absolute Gasteiger partial charge is 0.333 e. The van der Waals surface area contributed by atoms with Gasteiger partial charge in [0.1, 0.15) is 5.75 Å². The topological polar surface area (TPSA) is 39.2 Å². The largest absolute Gasteiger partial charge is 0.495 e. The first-order valence-corrected chi connectivity index (χ1v) is 2.93. The highest BCUT2D eigenvalue weighted by molar-refractivity contribution is 5.88. The number of methoxy groups -OCH3 is 1. The number of nitrogens with zero attached hydrogens (tertiary/aromatic N) is 1. The van der Waals surface area contributed by atoms with Crippen LogP contribution in [0.15, 0.2) is 18.5 Å². The van der Waals surface area contributed by atoms with Crippen molar-refractivity contribution in [1.29, 1.82) is 0 Å². The van der Waals surface area contributed by atoms with E-state index in [0.717, 1.165) is 6.20 Å². The van der Waals surface area contributed by atoms with Crippen LogP contribution in [0.5, 0.6) is 5.75 Å². The average molecular weight is 155 g/mol. The number of hydrogen-bond donors (Lipinski definition) is 0. The summed E-state index contributed by atoms with van der Waals surface area (Å²) in [6.45, 7) is 0. The van der Waals surface area contributed by atoms with Gasteiger partial charge in [0.2, 0.25) is 0 Å². The van der Waals surface area contributed by atoms with E-state index in [4.69, 9.17) is 4.74 Å². The minimum atomic E-state index is -1.50. The lowest BCUT2D eigenvalue weighted by Gasteiger charge is -1.97. The average Bonchev–Trinajstić information content (AvgIpc) is 2.05. The van der Waals surface area contributed by atoms with Gasteiger partial charge in [-0.25, -0.2) is 0 Å². The minimum Gasteiger partial charge on any atom is -0.495 e. The Morgan fingerprint density at radius 3 is 2.91 bits per heavy atom. The molecule has 0 aliphatic heterocycles. The Bertz CT molecular complexity index is 275. The zero-order valence-electron chi connectivity index (χ0n) is 5.87. The lowest BCUT2D eigenvalue weighted by atomic mass is 10.3. The first-order chi connectivity index (χ1) is 5.24. The Balaban J connectivity index is 3.01. The third-order valence-electron chi connectivity index (χ3n) is 1.18. The van der Waals surface area contributed by atoms with Gasteiger partial charge in [0, 0.05) is 6.20 Å². The molecule has 0 radical (unpaired) electrons. The van der Waals surface area contributed by atoms with E-state index in [1.54, 1.807) is 0 Å². The summed E-state index contributed by atoms with van der Waals surface area (Å²) in [5.74, 6) is 0.369. The van der Waals surface area contributed by atoms with Gasteiger partial charge in [0.25, 0.3) is 0 Å². The van der Waals surface area contributed by atoms with E-state index < -0.39 is 6.04 Å². The maximum Gasteiger partial charge on any atom is 0.333 e. The van der Waals surface area contributed by atoms with E-state index in [9.17, 15) is 9.18 Å². The molecule has 3 nitrogen and oxygen atoms in total. The predicted molar refractivity (Wildman–Crippen MR) is 36.2 cm³/mol. The van der Waals surface area contributed by atoms with Crippen molar-refractivity contribution in [3.05, 3.63) is 24.0 Å². The van der Waals surface area contributed by atoms with E-state index in [-0.39, 0.29) is 5.56 Å². The van der Waals surface area contributed by atoms with Crippen molar-refractivity contribution in [2.24, 2.45) is 0 Å². The summed E-state index contributed by atoms with van der Waals surface area (Å²) in [4.78, 5) is 13.7. The molecular weight excluding hydrogens is 149 g/mol. The Morgan fingerprint density at radius 2 is 2.36 bits per heavy atom. The van der Waals surface area contributed by atoms with Gasteiger partial charge in [-0.05, 0) is 6.07 Å². The Kier molecular flexibility index (Phi) is 2.15. The second-order valence-electron chi connectivity index (χ2n) is 1.89. The van der Waals surface area contributed by atoms with Gasteiger partial charge in [-0.2, -0.15) is 4.39 Å². The first kappa shape index (κ1) is 7.65.